The summed E-state index contributed by atoms with van der Waals surface area (Å²) in [7, 11) is 0. The van der Waals surface area contributed by atoms with Crippen molar-refractivity contribution in [1.82, 2.24) is 4.90 Å². The van der Waals surface area contributed by atoms with Crippen LogP contribution >= 0.6 is 11.8 Å². The van der Waals surface area contributed by atoms with Gasteiger partial charge in [-0.1, -0.05) is 30.3 Å². The third-order valence-corrected chi connectivity index (χ3v) is 5.58. The maximum absolute atomic E-state index is 12.5. The van der Waals surface area contributed by atoms with E-state index in [1.807, 2.05) is 37.3 Å². The lowest BCUT2D eigenvalue weighted by atomic mass is 10.1. The normalized spacial score (nSPS) is 21.4. The molecule has 1 amide bonds. The summed E-state index contributed by atoms with van der Waals surface area (Å²) in [6.07, 6.45) is -0.901. The monoisotopic (exact) mass is 358 g/mol. The summed E-state index contributed by atoms with van der Waals surface area (Å²) in [5.74, 6) is -0.0141. The molecular weight excluding hydrogens is 340 g/mol. The minimum absolute atomic E-state index is 0.0141. The highest BCUT2D eigenvalue weighted by Gasteiger charge is 2.39. The largest absolute Gasteiger partial charge is 0.387 e. The molecule has 0 bridgehead atoms. The third-order valence-electron chi connectivity index (χ3n) is 4.19. The van der Waals surface area contributed by atoms with Gasteiger partial charge in [0.05, 0.1) is 22.8 Å². The summed E-state index contributed by atoms with van der Waals surface area (Å²) >= 11 is 1.55. The summed E-state index contributed by atoms with van der Waals surface area (Å²) in [5, 5.41) is 20.9. The van der Waals surface area contributed by atoms with E-state index in [1.54, 1.807) is 16.7 Å². The van der Waals surface area contributed by atoms with Crippen LogP contribution in [0.15, 0.2) is 54.6 Å². The minimum atomic E-state index is -0.901. The van der Waals surface area contributed by atoms with Crippen molar-refractivity contribution in [3.8, 4) is 0 Å². The fourth-order valence-electron chi connectivity index (χ4n) is 2.85. The molecule has 7 heteroatoms. The average molecular weight is 358 g/mol. The van der Waals surface area contributed by atoms with Gasteiger partial charge in [-0.05, 0) is 30.2 Å². The van der Waals surface area contributed by atoms with Gasteiger partial charge in [-0.15, -0.1) is 11.8 Å². The molecule has 1 N–H and O–H groups in total. The van der Waals surface area contributed by atoms with Crippen LogP contribution in [0.5, 0.6) is 0 Å². The number of β-amino-alcohol motifs (C(OH)–C–C–N with tert-alkyl or cyclic N) is 1. The van der Waals surface area contributed by atoms with E-state index in [2.05, 4.69) is 0 Å². The number of nitro groups is 1. The summed E-state index contributed by atoms with van der Waals surface area (Å²) in [6, 6.07) is 15.5. The number of nitrogens with zero attached hydrogens (tertiary/aromatic N) is 2. The Morgan fingerprint density at radius 3 is 2.44 bits per heavy atom. The van der Waals surface area contributed by atoms with Crippen molar-refractivity contribution in [2.24, 2.45) is 0 Å². The number of carbonyl (C=O) groups excluding carboxylic acids is 1. The summed E-state index contributed by atoms with van der Waals surface area (Å²) in [4.78, 5) is 24.4. The molecule has 130 valence electrons. The zero-order valence-electron chi connectivity index (χ0n) is 13.6. The molecule has 1 aliphatic heterocycles. The number of aliphatic hydroxyl groups is 1. The number of hydrogen-bond donors (Lipinski definition) is 1. The summed E-state index contributed by atoms with van der Waals surface area (Å²) < 4.78 is 0. The quantitative estimate of drug-likeness (QED) is 0.655. The number of amides is 1. The Morgan fingerprint density at radius 1 is 1.20 bits per heavy atom. The smallest absolute Gasteiger partial charge is 0.269 e. The highest BCUT2D eigenvalue weighted by molar-refractivity contribution is 8.01. The molecule has 0 radical (unpaired) electrons. The molecule has 2 aromatic carbocycles. The highest BCUT2D eigenvalue weighted by Crippen LogP contribution is 2.43. The van der Waals surface area contributed by atoms with E-state index in [0.717, 1.165) is 5.56 Å². The van der Waals surface area contributed by atoms with Crippen molar-refractivity contribution in [3.05, 3.63) is 75.8 Å². The second-order valence-electron chi connectivity index (χ2n) is 5.90. The number of non-ortho nitro benzene ring substituents is 1. The molecule has 0 spiro atoms. The molecule has 1 aliphatic rings. The van der Waals surface area contributed by atoms with Crippen LogP contribution in [-0.2, 0) is 4.79 Å². The molecule has 1 fully saturated rings. The van der Waals surface area contributed by atoms with E-state index < -0.39 is 11.0 Å². The lowest BCUT2D eigenvalue weighted by Crippen LogP contribution is -2.34. The van der Waals surface area contributed by atoms with Crippen LogP contribution in [0.2, 0.25) is 0 Å². The van der Waals surface area contributed by atoms with Gasteiger partial charge >= 0.3 is 0 Å². The van der Waals surface area contributed by atoms with Gasteiger partial charge in [-0.2, -0.15) is 0 Å². The van der Waals surface area contributed by atoms with Crippen LogP contribution in [0.1, 0.15) is 29.5 Å². The predicted octanol–water partition coefficient (Wildman–Crippen LogP) is 3.29. The zero-order chi connectivity index (χ0) is 18.0. The molecule has 0 aromatic heterocycles. The first-order valence-electron chi connectivity index (χ1n) is 7.90. The molecule has 6 nitrogen and oxygen atoms in total. The predicted molar refractivity (Wildman–Crippen MR) is 96.0 cm³/mol. The molecule has 3 rings (SSSR count). The molecular formula is C18H18N2O4S. The number of rotatable bonds is 5. The molecule has 0 saturated carbocycles. The Hall–Kier alpha value is -2.38. The van der Waals surface area contributed by atoms with Crippen molar-refractivity contribution in [3.63, 3.8) is 0 Å². The number of thioether (sulfide) groups is 1. The van der Waals surface area contributed by atoms with Crippen LogP contribution < -0.4 is 0 Å². The number of aliphatic hydroxyl groups excluding tert-OH is 1. The van der Waals surface area contributed by atoms with E-state index in [9.17, 15) is 20.0 Å². The Bertz CT molecular complexity index is 766. The second-order valence-corrected chi connectivity index (χ2v) is 7.32. The zero-order valence-corrected chi connectivity index (χ0v) is 14.4. The van der Waals surface area contributed by atoms with Crippen LogP contribution in [0.25, 0.3) is 0 Å². The minimum Gasteiger partial charge on any atom is -0.387 e. The second kappa shape index (κ2) is 7.25. The van der Waals surface area contributed by atoms with Crippen LogP contribution in [0.4, 0.5) is 5.69 Å². The number of carbonyl (C=O) groups is 1. The average Bonchev–Trinajstić information content (AvgIpc) is 2.91. The van der Waals surface area contributed by atoms with Gasteiger partial charge in [-0.25, -0.2) is 0 Å². The van der Waals surface area contributed by atoms with Crippen molar-refractivity contribution in [2.75, 3.05) is 6.54 Å². The van der Waals surface area contributed by atoms with Crippen LogP contribution in [-0.4, -0.2) is 32.6 Å². The van der Waals surface area contributed by atoms with Gasteiger partial charge < -0.3 is 10.0 Å². The van der Waals surface area contributed by atoms with Crippen molar-refractivity contribution in [1.29, 1.82) is 0 Å². The van der Waals surface area contributed by atoms with E-state index in [0.29, 0.717) is 5.56 Å². The lowest BCUT2D eigenvalue weighted by molar-refractivity contribution is -0.384. The van der Waals surface area contributed by atoms with Gasteiger partial charge in [0, 0.05) is 12.1 Å². The van der Waals surface area contributed by atoms with Gasteiger partial charge in [-0.3, -0.25) is 14.9 Å². The van der Waals surface area contributed by atoms with Crippen molar-refractivity contribution in [2.45, 2.75) is 23.7 Å². The maximum atomic E-state index is 12.5. The van der Waals surface area contributed by atoms with Crippen molar-refractivity contribution >= 4 is 23.4 Å². The fraction of sp³-hybridized carbons (Fsp3) is 0.278. The standard InChI is InChI=1S/C18H18N2O4S/c1-12-17(22)19(18(25-12)14-5-3-2-4-6-14)11-16(21)13-7-9-15(10-8-13)20(23)24/h2-10,12,16,18,21H,11H2,1H3/t12-,16-,18+/m0/s1. The van der Waals surface area contributed by atoms with E-state index in [-0.39, 0.29) is 28.8 Å². The molecule has 1 saturated heterocycles. The van der Waals surface area contributed by atoms with E-state index in [1.165, 1.54) is 24.3 Å². The Balaban J connectivity index is 1.79. The Morgan fingerprint density at radius 2 is 1.84 bits per heavy atom. The fourth-order valence-corrected chi connectivity index (χ4v) is 4.14. The first-order chi connectivity index (χ1) is 12.0. The molecule has 2 aromatic rings. The SMILES string of the molecule is C[C@@H]1S[C@H](c2ccccc2)N(C[C@H](O)c2ccc([N+](=O)[O-])cc2)C1=O. The molecule has 0 unspecified atom stereocenters. The summed E-state index contributed by atoms with van der Waals surface area (Å²) in [6.45, 7) is 2.01. The summed E-state index contributed by atoms with van der Waals surface area (Å²) in [5.41, 5.74) is 1.54. The number of nitro benzene ring substituents is 1. The van der Waals surface area contributed by atoms with Crippen molar-refractivity contribution < 1.29 is 14.8 Å². The molecule has 0 aliphatic carbocycles. The molecule has 25 heavy (non-hydrogen) atoms. The van der Waals surface area contributed by atoms with Gasteiger partial charge in [0.2, 0.25) is 5.91 Å². The van der Waals surface area contributed by atoms with Gasteiger partial charge in [0.15, 0.2) is 0 Å². The molecule has 1 heterocycles. The van der Waals surface area contributed by atoms with Crippen LogP contribution in [0.3, 0.4) is 0 Å². The van der Waals surface area contributed by atoms with Crippen LogP contribution in [0, 0.1) is 10.1 Å². The van der Waals surface area contributed by atoms with Gasteiger partial charge in [0.25, 0.3) is 5.69 Å². The highest BCUT2D eigenvalue weighted by atomic mass is 32.2. The number of benzene rings is 2. The lowest BCUT2D eigenvalue weighted by Gasteiger charge is -2.26. The van der Waals surface area contributed by atoms with E-state index >= 15 is 0 Å². The topological polar surface area (TPSA) is 83.7 Å². The number of hydrogen-bond acceptors (Lipinski definition) is 5. The van der Waals surface area contributed by atoms with E-state index in [4.69, 9.17) is 0 Å². The Kier molecular flexibility index (Phi) is 5.06. The molecule has 3 atom stereocenters. The van der Waals surface area contributed by atoms with Gasteiger partial charge in [0.1, 0.15) is 5.37 Å². The Labute approximate surface area is 149 Å². The first kappa shape index (κ1) is 17.4. The third kappa shape index (κ3) is 3.67. The first-order valence-corrected chi connectivity index (χ1v) is 8.85. The maximum Gasteiger partial charge on any atom is 0.269 e.